The van der Waals surface area contributed by atoms with Crippen LogP contribution < -0.4 is 5.73 Å². The van der Waals surface area contributed by atoms with E-state index in [1.54, 1.807) is 13.0 Å². The summed E-state index contributed by atoms with van der Waals surface area (Å²) in [5.74, 6) is -0.180. The molecule has 0 bridgehead atoms. The molecule has 0 spiro atoms. The van der Waals surface area contributed by atoms with Gasteiger partial charge in [0.05, 0.1) is 6.04 Å². The van der Waals surface area contributed by atoms with Crippen LogP contribution in [0.1, 0.15) is 24.9 Å². The van der Waals surface area contributed by atoms with Crippen LogP contribution in [0.5, 0.6) is 0 Å². The van der Waals surface area contributed by atoms with Crippen molar-refractivity contribution >= 4 is 0 Å². The van der Waals surface area contributed by atoms with Crippen molar-refractivity contribution < 1.29 is 4.39 Å². The molecule has 0 saturated carbocycles. The summed E-state index contributed by atoms with van der Waals surface area (Å²) in [4.78, 5) is 0. The Balaban J connectivity index is 2.25. The van der Waals surface area contributed by atoms with E-state index in [0.29, 0.717) is 12.0 Å². The highest BCUT2D eigenvalue weighted by molar-refractivity contribution is 5.37. The van der Waals surface area contributed by atoms with Crippen LogP contribution in [0.4, 0.5) is 4.39 Å². The molecule has 0 saturated heterocycles. The average Bonchev–Trinajstić information content (AvgIpc) is 2.53. The molecule has 1 aromatic carbocycles. The lowest BCUT2D eigenvalue weighted by molar-refractivity contribution is 0.651. The van der Waals surface area contributed by atoms with Crippen molar-refractivity contribution in [3.63, 3.8) is 0 Å². The van der Waals surface area contributed by atoms with Crippen LogP contribution in [0, 0.1) is 0 Å². The maximum atomic E-state index is 13.4. The van der Waals surface area contributed by atoms with Crippen LogP contribution in [0.25, 0.3) is 0 Å². The fourth-order valence-corrected chi connectivity index (χ4v) is 1.85. The minimum Gasteiger partial charge on any atom is -0.321 e. The van der Waals surface area contributed by atoms with Gasteiger partial charge in [0.15, 0.2) is 0 Å². The molecule has 0 aromatic heterocycles. The van der Waals surface area contributed by atoms with Crippen LogP contribution >= 0.6 is 0 Å². The summed E-state index contributed by atoms with van der Waals surface area (Å²) in [5.41, 5.74) is 8.94. The van der Waals surface area contributed by atoms with Crippen molar-refractivity contribution in [1.82, 2.24) is 0 Å². The van der Waals surface area contributed by atoms with Gasteiger partial charge < -0.3 is 5.73 Å². The molecule has 1 atom stereocenters. The molecule has 1 nitrogen and oxygen atoms in total. The van der Waals surface area contributed by atoms with Crippen LogP contribution in [-0.4, -0.2) is 0 Å². The quantitative estimate of drug-likeness (QED) is 0.819. The monoisotopic (exact) mass is 229 g/mol. The van der Waals surface area contributed by atoms with Crippen molar-refractivity contribution in [2.45, 2.75) is 19.4 Å². The van der Waals surface area contributed by atoms with E-state index in [-0.39, 0.29) is 11.9 Å². The average molecular weight is 229 g/mol. The summed E-state index contributed by atoms with van der Waals surface area (Å²) in [5, 5.41) is 0. The Labute approximate surface area is 101 Å². The zero-order chi connectivity index (χ0) is 12.3. The summed E-state index contributed by atoms with van der Waals surface area (Å²) < 4.78 is 13.4. The van der Waals surface area contributed by atoms with E-state index in [4.69, 9.17) is 5.73 Å². The van der Waals surface area contributed by atoms with Gasteiger partial charge in [-0.1, -0.05) is 42.5 Å². The van der Waals surface area contributed by atoms with Crippen molar-refractivity contribution in [1.29, 1.82) is 0 Å². The molecule has 1 aromatic rings. The molecule has 1 aliphatic carbocycles. The first kappa shape index (κ1) is 11.8. The first-order chi connectivity index (χ1) is 8.18. The molecular weight excluding hydrogens is 213 g/mol. The van der Waals surface area contributed by atoms with Gasteiger partial charge in [-0.05, 0) is 36.1 Å². The Bertz CT molecular complexity index is 483. The topological polar surface area (TPSA) is 26.0 Å². The lowest BCUT2D eigenvalue weighted by Crippen LogP contribution is -2.12. The molecule has 1 aliphatic rings. The van der Waals surface area contributed by atoms with Gasteiger partial charge in [-0.15, -0.1) is 0 Å². The Hall–Kier alpha value is -1.67. The first-order valence-corrected chi connectivity index (χ1v) is 5.72. The molecule has 88 valence electrons. The number of halogens is 1. The van der Waals surface area contributed by atoms with Crippen LogP contribution in [0.2, 0.25) is 0 Å². The van der Waals surface area contributed by atoms with Gasteiger partial charge in [0, 0.05) is 0 Å². The minimum absolute atomic E-state index is 0.164. The van der Waals surface area contributed by atoms with E-state index in [1.807, 2.05) is 36.4 Å². The van der Waals surface area contributed by atoms with Gasteiger partial charge in [0.1, 0.15) is 5.83 Å². The second kappa shape index (κ2) is 5.11. The van der Waals surface area contributed by atoms with E-state index in [9.17, 15) is 4.39 Å². The summed E-state index contributed by atoms with van der Waals surface area (Å²) in [6.07, 6.45) is 5.87. The van der Waals surface area contributed by atoms with Gasteiger partial charge in [-0.25, -0.2) is 4.39 Å². The van der Waals surface area contributed by atoms with Crippen LogP contribution in [0.3, 0.4) is 0 Å². The predicted molar refractivity (Wildman–Crippen MR) is 69.0 cm³/mol. The Morgan fingerprint density at radius 3 is 2.59 bits per heavy atom. The lowest BCUT2D eigenvalue weighted by atomic mass is 9.97. The molecule has 0 radical (unpaired) electrons. The summed E-state index contributed by atoms with van der Waals surface area (Å²) in [6, 6.07) is 9.71. The third kappa shape index (κ3) is 2.71. The second-order valence-corrected chi connectivity index (χ2v) is 4.24. The molecule has 2 heteroatoms. The normalized spacial score (nSPS) is 17.7. The van der Waals surface area contributed by atoms with E-state index in [1.165, 1.54) is 6.08 Å². The SMILES string of the molecule is CC1=CCC(C(N)c2ccccc2)=CC=C1F. The van der Waals surface area contributed by atoms with E-state index < -0.39 is 0 Å². The Morgan fingerprint density at radius 1 is 1.18 bits per heavy atom. The number of hydrogen-bond donors (Lipinski definition) is 1. The predicted octanol–water partition coefficient (Wildman–Crippen LogP) is 3.82. The largest absolute Gasteiger partial charge is 0.321 e. The fourth-order valence-electron chi connectivity index (χ4n) is 1.85. The third-order valence-corrected chi connectivity index (χ3v) is 3.02. The molecule has 17 heavy (non-hydrogen) atoms. The first-order valence-electron chi connectivity index (χ1n) is 5.72. The molecule has 2 N–H and O–H groups in total. The third-order valence-electron chi connectivity index (χ3n) is 3.02. The molecule has 2 rings (SSSR count). The highest BCUT2D eigenvalue weighted by Crippen LogP contribution is 2.26. The van der Waals surface area contributed by atoms with Crippen molar-refractivity contribution in [3.8, 4) is 0 Å². The van der Waals surface area contributed by atoms with Gasteiger partial charge in [0.25, 0.3) is 0 Å². The fraction of sp³-hybridized carbons (Fsp3) is 0.200. The molecule has 0 amide bonds. The lowest BCUT2D eigenvalue weighted by Gasteiger charge is -2.14. The van der Waals surface area contributed by atoms with Crippen molar-refractivity contribution in [3.05, 3.63) is 71.1 Å². The molecule has 0 heterocycles. The number of nitrogens with two attached hydrogens (primary N) is 1. The maximum absolute atomic E-state index is 13.4. The summed E-state index contributed by atoms with van der Waals surface area (Å²) >= 11 is 0. The molecule has 1 unspecified atom stereocenters. The molecule has 0 aliphatic heterocycles. The molecular formula is C15H16FN. The summed E-state index contributed by atoms with van der Waals surface area (Å²) in [6.45, 7) is 1.77. The number of allylic oxidation sites excluding steroid dienone is 5. The van der Waals surface area contributed by atoms with Crippen LogP contribution in [0.15, 0.2) is 65.5 Å². The smallest absolute Gasteiger partial charge is 0.125 e. The van der Waals surface area contributed by atoms with E-state index >= 15 is 0 Å². The van der Waals surface area contributed by atoms with Gasteiger partial charge in [-0.3, -0.25) is 0 Å². The molecule has 0 fully saturated rings. The second-order valence-electron chi connectivity index (χ2n) is 4.24. The van der Waals surface area contributed by atoms with Crippen molar-refractivity contribution in [2.24, 2.45) is 5.73 Å². The highest BCUT2D eigenvalue weighted by atomic mass is 19.1. The van der Waals surface area contributed by atoms with Gasteiger partial charge >= 0.3 is 0 Å². The summed E-state index contributed by atoms with van der Waals surface area (Å²) in [7, 11) is 0. The minimum atomic E-state index is -0.180. The highest BCUT2D eigenvalue weighted by Gasteiger charge is 2.12. The number of hydrogen-bond acceptors (Lipinski definition) is 1. The van der Waals surface area contributed by atoms with Gasteiger partial charge in [0.2, 0.25) is 0 Å². The van der Waals surface area contributed by atoms with Crippen LogP contribution in [-0.2, 0) is 0 Å². The Morgan fingerprint density at radius 2 is 1.88 bits per heavy atom. The zero-order valence-corrected chi connectivity index (χ0v) is 9.86. The number of rotatable bonds is 2. The van der Waals surface area contributed by atoms with E-state index in [2.05, 4.69) is 0 Å². The number of benzene rings is 1. The maximum Gasteiger partial charge on any atom is 0.125 e. The Kier molecular flexibility index (Phi) is 3.55. The van der Waals surface area contributed by atoms with Crippen molar-refractivity contribution in [2.75, 3.05) is 0 Å². The van der Waals surface area contributed by atoms with E-state index in [0.717, 1.165) is 11.1 Å². The van der Waals surface area contributed by atoms with Gasteiger partial charge in [-0.2, -0.15) is 0 Å². The zero-order valence-electron chi connectivity index (χ0n) is 9.86. The standard InChI is InChI=1S/C15H16FN/c1-11-7-8-13(9-10-14(11)16)15(17)12-5-3-2-4-6-12/h2-7,9-10,15H,8,17H2,1H3.